The molecule has 7 nitrogen and oxygen atoms in total. The number of pyridine rings is 1. The van der Waals surface area contributed by atoms with E-state index in [1.165, 1.54) is 19.8 Å². The Hall–Kier alpha value is -2.96. The largest absolute Gasteiger partial charge is 0.344 e. The first-order valence-electron chi connectivity index (χ1n) is 8.41. The van der Waals surface area contributed by atoms with Crippen LogP contribution in [-0.2, 0) is 11.3 Å². The molecule has 3 aromatic heterocycles. The molecule has 1 aliphatic rings. The van der Waals surface area contributed by atoms with Crippen LogP contribution in [0.15, 0.2) is 30.9 Å². The fourth-order valence-electron chi connectivity index (χ4n) is 3.00. The predicted octanol–water partition coefficient (Wildman–Crippen LogP) is 3.01. The summed E-state index contributed by atoms with van der Waals surface area (Å²) in [6, 6.07) is 4.03. The van der Waals surface area contributed by atoms with Gasteiger partial charge in [0.1, 0.15) is 12.1 Å². The fourth-order valence-corrected chi connectivity index (χ4v) is 3.00. The van der Waals surface area contributed by atoms with E-state index >= 15 is 0 Å². The summed E-state index contributed by atoms with van der Waals surface area (Å²) in [5.41, 5.74) is 4.21. The second-order valence-corrected chi connectivity index (χ2v) is 6.61. The predicted molar refractivity (Wildman–Crippen MR) is 94.8 cm³/mol. The van der Waals surface area contributed by atoms with Gasteiger partial charge in [-0.3, -0.25) is 4.79 Å². The molecule has 25 heavy (non-hydrogen) atoms. The zero-order valence-electron chi connectivity index (χ0n) is 14.3. The third-order valence-corrected chi connectivity index (χ3v) is 4.43. The Balaban J connectivity index is 1.76. The van der Waals surface area contributed by atoms with Crippen LogP contribution in [0.3, 0.4) is 0 Å². The lowest BCUT2D eigenvalue weighted by atomic mass is 10.1. The highest BCUT2D eigenvalue weighted by atomic mass is 16.1. The van der Waals surface area contributed by atoms with Crippen molar-refractivity contribution < 1.29 is 4.79 Å². The zero-order chi connectivity index (χ0) is 17.4. The molecule has 0 aliphatic heterocycles. The Bertz CT molecular complexity index is 908. The second kappa shape index (κ2) is 6.16. The maximum atomic E-state index is 11.3. The Morgan fingerprint density at radius 3 is 2.92 bits per heavy atom. The number of H-pyrrole nitrogens is 1. The first kappa shape index (κ1) is 15.6. The van der Waals surface area contributed by atoms with E-state index in [-0.39, 0.29) is 5.91 Å². The number of amides is 1. The van der Waals surface area contributed by atoms with E-state index in [0.29, 0.717) is 5.82 Å². The van der Waals surface area contributed by atoms with Gasteiger partial charge in [0.2, 0.25) is 5.91 Å². The summed E-state index contributed by atoms with van der Waals surface area (Å²) in [5, 5.41) is 10.8. The van der Waals surface area contributed by atoms with Crippen molar-refractivity contribution in [2.24, 2.45) is 5.92 Å². The molecule has 0 saturated heterocycles. The second-order valence-electron chi connectivity index (χ2n) is 6.61. The first-order chi connectivity index (χ1) is 12.1. The average molecular weight is 336 g/mol. The molecule has 1 aliphatic carbocycles. The van der Waals surface area contributed by atoms with Crippen LogP contribution >= 0.6 is 0 Å². The van der Waals surface area contributed by atoms with Gasteiger partial charge in [0.25, 0.3) is 0 Å². The molecular weight excluding hydrogens is 316 g/mol. The SMILES string of the molecule is CC(=O)Nc1cc(-c2cc(-c3nnc[nH]3)n(CC3CC3)c2)c(C)cn1. The molecule has 0 bridgehead atoms. The van der Waals surface area contributed by atoms with E-state index in [0.717, 1.165) is 40.7 Å². The van der Waals surface area contributed by atoms with Crippen LogP contribution < -0.4 is 5.32 Å². The standard InChI is InChI=1S/C18H20N6O/c1-11-7-19-17(22-12(2)25)6-15(11)14-5-16(18-20-10-21-23-18)24(9-14)8-13-3-4-13/h5-7,9-10,13H,3-4,8H2,1-2H3,(H,19,22,25)(H,20,21,23). The molecule has 1 fully saturated rings. The maximum Gasteiger partial charge on any atom is 0.222 e. The number of hydrogen-bond acceptors (Lipinski definition) is 4. The van der Waals surface area contributed by atoms with E-state index in [1.54, 1.807) is 12.5 Å². The van der Waals surface area contributed by atoms with Gasteiger partial charge in [0.05, 0.1) is 5.69 Å². The molecule has 128 valence electrons. The summed E-state index contributed by atoms with van der Waals surface area (Å²) < 4.78 is 2.24. The molecule has 0 radical (unpaired) electrons. The molecule has 7 heteroatoms. The number of carbonyl (C=O) groups excluding carboxylic acids is 1. The first-order valence-corrected chi connectivity index (χ1v) is 8.41. The van der Waals surface area contributed by atoms with Crippen LogP contribution in [0.1, 0.15) is 25.3 Å². The van der Waals surface area contributed by atoms with Crippen molar-refractivity contribution in [1.82, 2.24) is 24.7 Å². The Morgan fingerprint density at radius 2 is 2.24 bits per heavy atom. The quantitative estimate of drug-likeness (QED) is 0.749. The number of anilines is 1. The lowest BCUT2D eigenvalue weighted by Gasteiger charge is -2.07. The minimum atomic E-state index is -0.129. The smallest absolute Gasteiger partial charge is 0.222 e. The van der Waals surface area contributed by atoms with Crippen molar-refractivity contribution in [3.8, 4) is 22.6 Å². The van der Waals surface area contributed by atoms with Gasteiger partial charge in [-0.2, -0.15) is 0 Å². The zero-order valence-corrected chi connectivity index (χ0v) is 14.3. The molecule has 3 heterocycles. The molecular formula is C18H20N6O. The van der Waals surface area contributed by atoms with E-state index < -0.39 is 0 Å². The van der Waals surface area contributed by atoms with Crippen LogP contribution in [0.25, 0.3) is 22.6 Å². The van der Waals surface area contributed by atoms with E-state index in [4.69, 9.17) is 0 Å². The van der Waals surface area contributed by atoms with Gasteiger partial charge in [-0.15, -0.1) is 10.2 Å². The maximum absolute atomic E-state index is 11.3. The van der Waals surface area contributed by atoms with Crippen LogP contribution in [-0.4, -0.2) is 30.6 Å². The highest BCUT2D eigenvalue weighted by molar-refractivity contribution is 5.88. The highest BCUT2D eigenvalue weighted by Gasteiger charge is 2.24. The topological polar surface area (TPSA) is 88.5 Å². The summed E-state index contributed by atoms with van der Waals surface area (Å²) in [7, 11) is 0. The molecule has 3 aromatic rings. The summed E-state index contributed by atoms with van der Waals surface area (Å²) >= 11 is 0. The molecule has 0 aromatic carbocycles. The number of rotatable bonds is 5. The molecule has 1 amide bonds. The lowest BCUT2D eigenvalue weighted by Crippen LogP contribution is -2.07. The Labute approximate surface area is 145 Å². The minimum absolute atomic E-state index is 0.129. The van der Waals surface area contributed by atoms with Gasteiger partial charge < -0.3 is 14.9 Å². The third-order valence-electron chi connectivity index (χ3n) is 4.43. The molecule has 1 saturated carbocycles. The van der Waals surface area contributed by atoms with Crippen LogP contribution in [0.2, 0.25) is 0 Å². The van der Waals surface area contributed by atoms with Crippen molar-refractivity contribution in [2.45, 2.75) is 33.2 Å². The van der Waals surface area contributed by atoms with Crippen molar-refractivity contribution in [1.29, 1.82) is 0 Å². The lowest BCUT2D eigenvalue weighted by molar-refractivity contribution is -0.114. The fraction of sp³-hybridized carbons (Fsp3) is 0.333. The highest BCUT2D eigenvalue weighted by Crippen LogP contribution is 2.35. The van der Waals surface area contributed by atoms with E-state index in [1.807, 2.05) is 13.0 Å². The van der Waals surface area contributed by atoms with Crippen molar-refractivity contribution in [3.63, 3.8) is 0 Å². The van der Waals surface area contributed by atoms with E-state index in [2.05, 4.69) is 42.3 Å². The van der Waals surface area contributed by atoms with Gasteiger partial charge in [-0.05, 0) is 48.9 Å². The number of aryl methyl sites for hydroxylation is 1. The summed E-state index contributed by atoms with van der Waals surface area (Å²) in [6.07, 6.45) is 8.09. The average Bonchev–Trinajstić information content (AvgIpc) is 3.07. The Morgan fingerprint density at radius 1 is 1.40 bits per heavy atom. The minimum Gasteiger partial charge on any atom is -0.344 e. The van der Waals surface area contributed by atoms with Crippen LogP contribution in [0.5, 0.6) is 0 Å². The molecule has 0 spiro atoms. The van der Waals surface area contributed by atoms with Crippen molar-refractivity contribution in [2.75, 3.05) is 5.32 Å². The molecule has 2 N–H and O–H groups in total. The van der Waals surface area contributed by atoms with Gasteiger partial charge >= 0.3 is 0 Å². The van der Waals surface area contributed by atoms with Gasteiger partial charge in [0.15, 0.2) is 5.82 Å². The van der Waals surface area contributed by atoms with Crippen LogP contribution in [0, 0.1) is 12.8 Å². The Kier molecular flexibility index (Phi) is 3.83. The summed E-state index contributed by atoms with van der Waals surface area (Å²) in [5.74, 6) is 1.94. The number of nitrogens with one attached hydrogen (secondary N) is 2. The van der Waals surface area contributed by atoms with E-state index in [9.17, 15) is 4.79 Å². The molecule has 0 atom stereocenters. The third kappa shape index (κ3) is 3.31. The normalized spacial score (nSPS) is 13.8. The number of nitrogens with zero attached hydrogens (tertiary/aromatic N) is 4. The van der Waals surface area contributed by atoms with Crippen molar-refractivity contribution in [3.05, 3.63) is 36.4 Å². The van der Waals surface area contributed by atoms with Gasteiger partial charge in [0, 0.05) is 31.4 Å². The molecule has 4 rings (SSSR count). The van der Waals surface area contributed by atoms with Gasteiger partial charge in [-0.1, -0.05) is 0 Å². The van der Waals surface area contributed by atoms with Crippen LogP contribution in [0.4, 0.5) is 5.82 Å². The number of hydrogen-bond donors (Lipinski definition) is 2. The summed E-state index contributed by atoms with van der Waals surface area (Å²) in [4.78, 5) is 18.7. The molecule has 0 unspecified atom stereocenters. The van der Waals surface area contributed by atoms with Crippen molar-refractivity contribution >= 4 is 11.7 Å². The monoisotopic (exact) mass is 336 g/mol. The summed E-state index contributed by atoms with van der Waals surface area (Å²) in [6.45, 7) is 4.49. The number of aromatic nitrogens is 5. The number of carbonyl (C=O) groups is 1. The van der Waals surface area contributed by atoms with Gasteiger partial charge in [-0.25, -0.2) is 4.98 Å². The number of aromatic amines is 1.